The van der Waals surface area contributed by atoms with Gasteiger partial charge >= 0.3 is 0 Å². The van der Waals surface area contributed by atoms with E-state index in [0.29, 0.717) is 8.67 Å². The molecule has 0 radical (unpaired) electrons. The summed E-state index contributed by atoms with van der Waals surface area (Å²) in [6, 6.07) is 8.26. The molecule has 0 saturated heterocycles. The SMILES string of the molecule is NC(c1ccc2c(c1)CCCC2)c1cc(Cl)sc1Cl. The van der Waals surface area contributed by atoms with Crippen molar-refractivity contribution in [1.29, 1.82) is 0 Å². The number of thiophene rings is 1. The first-order valence-corrected chi connectivity index (χ1v) is 8.04. The van der Waals surface area contributed by atoms with Crippen molar-refractivity contribution in [3.05, 3.63) is 55.2 Å². The second-order valence-electron chi connectivity index (χ2n) is 4.99. The van der Waals surface area contributed by atoms with Crippen LogP contribution in [0.4, 0.5) is 0 Å². The first-order chi connectivity index (χ1) is 9.15. The zero-order chi connectivity index (χ0) is 13.4. The zero-order valence-electron chi connectivity index (χ0n) is 10.5. The van der Waals surface area contributed by atoms with Crippen molar-refractivity contribution in [2.75, 3.05) is 0 Å². The van der Waals surface area contributed by atoms with Crippen LogP contribution < -0.4 is 5.73 Å². The van der Waals surface area contributed by atoms with E-state index in [1.165, 1.54) is 41.7 Å². The molecule has 1 aliphatic rings. The highest BCUT2D eigenvalue weighted by molar-refractivity contribution is 7.20. The Labute approximate surface area is 127 Å². The first-order valence-electron chi connectivity index (χ1n) is 6.47. The standard InChI is InChI=1S/C15H15Cl2NS/c16-13-8-12(15(17)19-13)14(18)11-6-5-9-3-1-2-4-10(9)7-11/h5-8,14H,1-4,18H2. The Hall–Kier alpha value is -0.540. The summed E-state index contributed by atoms with van der Waals surface area (Å²) in [6.45, 7) is 0. The smallest absolute Gasteiger partial charge is 0.0995 e. The summed E-state index contributed by atoms with van der Waals surface area (Å²) in [5.74, 6) is 0. The molecule has 4 heteroatoms. The third kappa shape index (κ3) is 2.68. The Morgan fingerprint density at radius 2 is 1.79 bits per heavy atom. The number of aryl methyl sites for hydroxylation is 2. The minimum atomic E-state index is -0.191. The Balaban J connectivity index is 1.95. The molecule has 2 aromatic rings. The van der Waals surface area contributed by atoms with E-state index in [1.807, 2.05) is 6.07 Å². The molecule has 1 unspecified atom stereocenters. The van der Waals surface area contributed by atoms with E-state index in [2.05, 4.69) is 18.2 Å². The van der Waals surface area contributed by atoms with Crippen LogP contribution in [-0.2, 0) is 12.8 Å². The molecule has 1 aromatic heterocycles. The minimum Gasteiger partial charge on any atom is -0.320 e. The van der Waals surface area contributed by atoms with Gasteiger partial charge in [0.2, 0.25) is 0 Å². The number of benzene rings is 1. The second kappa shape index (κ2) is 5.45. The van der Waals surface area contributed by atoms with E-state index in [1.54, 1.807) is 0 Å². The van der Waals surface area contributed by atoms with Crippen molar-refractivity contribution < 1.29 is 0 Å². The Morgan fingerprint density at radius 3 is 2.47 bits per heavy atom. The van der Waals surface area contributed by atoms with Crippen molar-refractivity contribution in [2.24, 2.45) is 5.73 Å². The second-order valence-corrected chi connectivity index (χ2v) is 7.28. The van der Waals surface area contributed by atoms with Gasteiger partial charge in [0.05, 0.1) is 14.7 Å². The molecular formula is C15H15Cl2NS. The van der Waals surface area contributed by atoms with Crippen LogP contribution in [0.1, 0.15) is 41.1 Å². The normalized spacial score (nSPS) is 16.2. The van der Waals surface area contributed by atoms with Gasteiger partial charge in [0.25, 0.3) is 0 Å². The lowest BCUT2D eigenvalue weighted by Gasteiger charge is -2.19. The predicted molar refractivity (Wildman–Crippen MR) is 83.5 cm³/mol. The molecule has 1 aromatic carbocycles. The number of fused-ring (bicyclic) bond motifs is 1. The van der Waals surface area contributed by atoms with Gasteiger partial charge in [0, 0.05) is 5.56 Å². The molecule has 2 N–H and O–H groups in total. The number of hydrogen-bond acceptors (Lipinski definition) is 2. The largest absolute Gasteiger partial charge is 0.320 e. The maximum absolute atomic E-state index is 6.33. The molecule has 0 amide bonds. The van der Waals surface area contributed by atoms with Crippen LogP contribution in [0.5, 0.6) is 0 Å². The summed E-state index contributed by atoms with van der Waals surface area (Å²) in [7, 11) is 0. The molecule has 0 spiro atoms. The predicted octanol–water partition coefficient (Wildman–Crippen LogP) is 4.98. The maximum Gasteiger partial charge on any atom is 0.0995 e. The first kappa shape index (κ1) is 13.4. The van der Waals surface area contributed by atoms with Gasteiger partial charge in [-0.15, -0.1) is 11.3 Å². The molecule has 3 rings (SSSR count). The Bertz CT molecular complexity index is 606. The van der Waals surface area contributed by atoms with Crippen molar-refractivity contribution in [3.63, 3.8) is 0 Å². The number of halogens is 2. The van der Waals surface area contributed by atoms with Crippen LogP contribution in [0.3, 0.4) is 0 Å². The quantitative estimate of drug-likeness (QED) is 0.831. The zero-order valence-corrected chi connectivity index (χ0v) is 12.8. The van der Waals surface area contributed by atoms with Crippen LogP contribution in [0.15, 0.2) is 24.3 Å². The summed E-state index contributed by atoms with van der Waals surface area (Å²) < 4.78 is 1.38. The van der Waals surface area contributed by atoms with Gasteiger partial charge in [-0.2, -0.15) is 0 Å². The molecule has 0 saturated carbocycles. The highest BCUT2D eigenvalue weighted by Gasteiger charge is 2.17. The van der Waals surface area contributed by atoms with Crippen molar-refractivity contribution in [3.8, 4) is 0 Å². The highest BCUT2D eigenvalue weighted by atomic mass is 35.5. The van der Waals surface area contributed by atoms with Crippen LogP contribution in [0.2, 0.25) is 8.67 Å². The van der Waals surface area contributed by atoms with Crippen LogP contribution in [-0.4, -0.2) is 0 Å². The van der Waals surface area contributed by atoms with Crippen LogP contribution in [0, 0.1) is 0 Å². The molecule has 0 bridgehead atoms. The summed E-state index contributed by atoms with van der Waals surface area (Å²) in [4.78, 5) is 0. The fourth-order valence-electron chi connectivity index (χ4n) is 2.69. The minimum absolute atomic E-state index is 0.191. The molecule has 0 fully saturated rings. The summed E-state index contributed by atoms with van der Waals surface area (Å²) >= 11 is 13.6. The lowest BCUT2D eigenvalue weighted by atomic mass is 9.88. The van der Waals surface area contributed by atoms with Gasteiger partial charge in [-0.25, -0.2) is 0 Å². The van der Waals surface area contributed by atoms with Gasteiger partial charge in [0.1, 0.15) is 0 Å². The monoisotopic (exact) mass is 311 g/mol. The van der Waals surface area contributed by atoms with Gasteiger partial charge in [-0.3, -0.25) is 0 Å². The lowest BCUT2D eigenvalue weighted by Crippen LogP contribution is -2.13. The number of rotatable bonds is 2. The van der Waals surface area contributed by atoms with E-state index >= 15 is 0 Å². The molecule has 0 aliphatic heterocycles. The third-order valence-corrected chi connectivity index (χ3v) is 5.27. The van der Waals surface area contributed by atoms with Crippen molar-refractivity contribution >= 4 is 34.5 Å². The Morgan fingerprint density at radius 1 is 1.05 bits per heavy atom. The third-order valence-electron chi connectivity index (χ3n) is 3.75. The molecule has 100 valence electrons. The average molecular weight is 312 g/mol. The summed E-state index contributed by atoms with van der Waals surface area (Å²) in [5, 5.41) is 0. The van der Waals surface area contributed by atoms with E-state index < -0.39 is 0 Å². The summed E-state index contributed by atoms with van der Waals surface area (Å²) in [5.41, 5.74) is 11.3. The summed E-state index contributed by atoms with van der Waals surface area (Å²) in [6.07, 6.45) is 4.92. The van der Waals surface area contributed by atoms with Crippen molar-refractivity contribution in [2.45, 2.75) is 31.7 Å². The lowest BCUT2D eigenvalue weighted by molar-refractivity contribution is 0.683. The number of hydrogen-bond donors (Lipinski definition) is 1. The molecule has 1 atom stereocenters. The van der Waals surface area contributed by atoms with Crippen molar-refractivity contribution in [1.82, 2.24) is 0 Å². The highest BCUT2D eigenvalue weighted by Crippen LogP contribution is 2.37. The van der Waals surface area contributed by atoms with E-state index in [-0.39, 0.29) is 6.04 Å². The average Bonchev–Trinajstić information content (AvgIpc) is 2.76. The van der Waals surface area contributed by atoms with E-state index in [0.717, 1.165) is 17.5 Å². The topological polar surface area (TPSA) is 26.0 Å². The molecule has 1 nitrogen and oxygen atoms in total. The van der Waals surface area contributed by atoms with Gasteiger partial charge < -0.3 is 5.73 Å². The maximum atomic E-state index is 6.33. The van der Waals surface area contributed by atoms with Crippen LogP contribution in [0.25, 0.3) is 0 Å². The molecule has 1 aliphatic carbocycles. The molecule has 1 heterocycles. The van der Waals surface area contributed by atoms with E-state index in [9.17, 15) is 0 Å². The number of nitrogens with two attached hydrogens (primary N) is 1. The molecular weight excluding hydrogens is 297 g/mol. The van der Waals surface area contributed by atoms with Gasteiger partial charge in [0.15, 0.2) is 0 Å². The fraction of sp³-hybridized carbons (Fsp3) is 0.333. The van der Waals surface area contributed by atoms with Gasteiger partial charge in [-0.1, -0.05) is 41.4 Å². The fourth-order valence-corrected chi connectivity index (χ4v) is 4.24. The molecule has 19 heavy (non-hydrogen) atoms. The van der Waals surface area contributed by atoms with Crippen LogP contribution >= 0.6 is 34.5 Å². The Kier molecular flexibility index (Phi) is 3.86. The van der Waals surface area contributed by atoms with Gasteiger partial charge in [-0.05, 0) is 48.4 Å². The van der Waals surface area contributed by atoms with E-state index in [4.69, 9.17) is 28.9 Å².